The van der Waals surface area contributed by atoms with E-state index in [2.05, 4.69) is 29.2 Å². The Morgan fingerprint density at radius 2 is 1.88 bits per heavy atom. The van der Waals surface area contributed by atoms with Crippen molar-refractivity contribution in [3.8, 4) is 5.75 Å². The van der Waals surface area contributed by atoms with Gasteiger partial charge in [-0.2, -0.15) is 0 Å². The first kappa shape index (κ1) is 16.4. The molecule has 132 valence electrons. The molecule has 0 N–H and O–H groups in total. The fourth-order valence-electron chi connectivity index (χ4n) is 4.71. The lowest BCUT2D eigenvalue weighted by Gasteiger charge is -2.36. The average Bonchev–Trinajstić information content (AvgIpc) is 3.27. The summed E-state index contributed by atoms with van der Waals surface area (Å²) >= 11 is 0. The smallest absolute Gasteiger partial charge is 0.168 e. The van der Waals surface area contributed by atoms with Gasteiger partial charge < -0.3 is 19.1 Å². The van der Waals surface area contributed by atoms with E-state index < -0.39 is 0 Å². The minimum atomic E-state index is -0.221. The number of ether oxygens (including phenoxy) is 3. The van der Waals surface area contributed by atoms with E-state index in [1.807, 2.05) is 0 Å². The molecule has 4 heteroatoms. The summed E-state index contributed by atoms with van der Waals surface area (Å²) in [5.74, 6) is 2.22. The van der Waals surface area contributed by atoms with Crippen molar-refractivity contribution in [3.05, 3.63) is 29.8 Å². The zero-order valence-corrected chi connectivity index (χ0v) is 14.7. The lowest BCUT2D eigenvalue weighted by Crippen LogP contribution is -2.38. The van der Waals surface area contributed by atoms with E-state index in [0.717, 1.165) is 44.3 Å². The molecular formula is C20H29NO3. The number of hydrogen-bond donors (Lipinski definition) is 0. The van der Waals surface area contributed by atoms with Crippen molar-refractivity contribution in [3.63, 3.8) is 0 Å². The highest BCUT2D eigenvalue weighted by Crippen LogP contribution is 2.40. The molecule has 2 heterocycles. The molecule has 1 aromatic rings. The van der Waals surface area contributed by atoms with Crippen LogP contribution in [0.5, 0.6) is 5.75 Å². The van der Waals surface area contributed by atoms with Crippen LogP contribution in [-0.2, 0) is 9.47 Å². The first-order valence-corrected chi connectivity index (χ1v) is 9.41. The van der Waals surface area contributed by atoms with Crippen molar-refractivity contribution < 1.29 is 14.2 Å². The van der Waals surface area contributed by atoms with Crippen molar-refractivity contribution in [1.82, 2.24) is 4.90 Å². The monoisotopic (exact) mass is 331 g/mol. The molecule has 2 saturated heterocycles. The second kappa shape index (κ2) is 7.03. The van der Waals surface area contributed by atoms with Crippen LogP contribution in [0.4, 0.5) is 0 Å². The Labute approximate surface area is 145 Å². The molecule has 4 rings (SSSR count). The maximum atomic E-state index is 5.85. The zero-order chi connectivity index (χ0) is 16.4. The molecule has 0 aromatic heterocycles. The largest absolute Gasteiger partial charge is 0.496 e. The summed E-state index contributed by atoms with van der Waals surface area (Å²) in [5, 5.41) is 0. The van der Waals surface area contributed by atoms with Crippen LogP contribution in [0.3, 0.4) is 0 Å². The number of hydrogen-bond acceptors (Lipinski definition) is 4. The van der Waals surface area contributed by atoms with Gasteiger partial charge in [0.25, 0.3) is 0 Å². The fraction of sp³-hybridized carbons (Fsp3) is 0.700. The summed E-state index contributed by atoms with van der Waals surface area (Å²) in [6.07, 6.45) is 5.85. The van der Waals surface area contributed by atoms with Gasteiger partial charge in [0.2, 0.25) is 0 Å². The van der Waals surface area contributed by atoms with Gasteiger partial charge in [-0.3, -0.25) is 0 Å². The van der Waals surface area contributed by atoms with Gasteiger partial charge in [0, 0.05) is 31.8 Å². The molecule has 1 unspecified atom stereocenters. The second-order valence-electron chi connectivity index (χ2n) is 7.54. The molecule has 1 spiro atoms. The predicted molar refractivity (Wildman–Crippen MR) is 93.4 cm³/mol. The second-order valence-corrected chi connectivity index (χ2v) is 7.54. The molecule has 0 radical (unpaired) electrons. The topological polar surface area (TPSA) is 30.9 Å². The third-order valence-corrected chi connectivity index (χ3v) is 6.05. The van der Waals surface area contributed by atoms with Gasteiger partial charge in [0.1, 0.15) is 5.75 Å². The quantitative estimate of drug-likeness (QED) is 0.846. The summed E-state index contributed by atoms with van der Waals surface area (Å²) in [6, 6.07) is 8.50. The summed E-state index contributed by atoms with van der Waals surface area (Å²) < 4.78 is 17.3. The van der Waals surface area contributed by atoms with E-state index in [-0.39, 0.29) is 5.79 Å². The Bertz CT molecular complexity index is 546. The maximum absolute atomic E-state index is 5.85. The highest BCUT2D eigenvalue weighted by Gasteiger charge is 2.40. The number of likely N-dealkylation sites (tertiary alicyclic amines) is 1. The molecule has 3 fully saturated rings. The van der Waals surface area contributed by atoms with Crippen LogP contribution in [0.1, 0.15) is 43.6 Å². The first-order chi connectivity index (χ1) is 11.8. The van der Waals surface area contributed by atoms with Crippen LogP contribution in [0.2, 0.25) is 0 Å². The summed E-state index contributed by atoms with van der Waals surface area (Å²) in [4.78, 5) is 2.65. The normalized spacial score (nSPS) is 27.8. The van der Waals surface area contributed by atoms with Crippen molar-refractivity contribution in [2.45, 2.75) is 43.8 Å². The molecule has 1 aliphatic carbocycles. The summed E-state index contributed by atoms with van der Waals surface area (Å²) in [5.41, 5.74) is 1.37. The van der Waals surface area contributed by atoms with E-state index in [1.165, 1.54) is 37.9 Å². The average molecular weight is 331 g/mol. The van der Waals surface area contributed by atoms with Crippen LogP contribution in [-0.4, -0.2) is 50.6 Å². The van der Waals surface area contributed by atoms with Gasteiger partial charge in [-0.05, 0) is 43.4 Å². The first-order valence-electron chi connectivity index (χ1n) is 9.41. The van der Waals surface area contributed by atoms with Crippen LogP contribution in [0.25, 0.3) is 0 Å². The maximum Gasteiger partial charge on any atom is 0.168 e. The Balaban J connectivity index is 1.30. The van der Waals surface area contributed by atoms with Crippen molar-refractivity contribution in [2.75, 3.05) is 40.0 Å². The van der Waals surface area contributed by atoms with Gasteiger partial charge in [0.05, 0.1) is 20.3 Å². The van der Waals surface area contributed by atoms with Gasteiger partial charge in [0.15, 0.2) is 5.79 Å². The third kappa shape index (κ3) is 3.32. The van der Waals surface area contributed by atoms with E-state index in [1.54, 1.807) is 7.11 Å². The molecule has 1 atom stereocenters. The van der Waals surface area contributed by atoms with Crippen LogP contribution >= 0.6 is 0 Å². The predicted octanol–water partition coefficient (Wildman–Crippen LogP) is 3.42. The molecule has 2 aliphatic heterocycles. The molecular weight excluding hydrogens is 302 g/mol. The van der Waals surface area contributed by atoms with Crippen molar-refractivity contribution in [1.29, 1.82) is 0 Å². The SMILES string of the molecule is COc1ccccc1C1CCN(CC2CCC3(CC2)OCCO3)C1. The molecule has 1 saturated carbocycles. The fourth-order valence-corrected chi connectivity index (χ4v) is 4.71. The Hall–Kier alpha value is -1.10. The minimum Gasteiger partial charge on any atom is -0.496 e. The van der Waals surface area contributed by atoms with E-state index in [4.69, 9.17) is 14.2 Å². The lowest BCUT2D eigenvalue weighted by molar-refractivity contribution is -0.183. The highest BCUT2D eigenvalue weighted by atomic mass is 16.7. The van der Waals surface area contributed by atoms with E-state index in [9.17, 15) is 0 Å². The number of para-hydroxylation sites is 1. The highest BCUT2D eigenvalue weighted by molar-refractivity contribution is 5.37. The summed E-state index contributed by atoms with van der Waals surface area (Å²) in [7, 11) is 1.77. The Morgan fingerprint density at radius 1 is 1.12 bits per heavy atom. The number of methoxy groups -OCH3 is 1. The van der Waals surface area contributed by atoms with Crippen molar-refractivity contribution in [2.24, 2.45) is 5.92 Å². The van der Waals surface area contributed by atoms with E-state index >= 15 is 0 Å². The summed E-state index contributed by atoms with van der Waals surface area (Å²) in [6.45, 7) is 5.14. The standard InChI is InChI=1S/C20H29NO3/c1-22-19-5-3-2-4-18(19)17-8-11-21(15-17)14-16-6-9-20(10-7-16)23-12-13-24-20/h2-5,16-17H,6-15H2,1H3. The molecule has 24 heavy (non-hydrogen) atoms. The van der Waals surface area contributed by atoms with Crippen molar-refractivity contribution >= 4 is 0 Å². The van der Waals surface area contributed by atoms with Crippen LogP contribution < -0.4 is 4.74 Å². The number of benzene rings is 1. The molecule has 0 amide bonds. The third-order valence-electron chi connectivity index (χ3n) is 6.05. The number of nitrogens with zero attached hydrogens (tertiary/aromatic N) is 1. The van der Waals surface area contributed by atoms with Gasteiger partial charge in [-0.25, -0.2) is 0 Å². The van der Waals surface area contributed by atoms with Crippen LogP contribution in [0.15, 0.2) is 24.3 Å². The lowest BCUT2D eigenvalue weighted by atomic mass is 9.85. The molecule has 0 bridgehead atoms. The Kier molecular flexibility index (Phi) is 4.79. The number of rotatable bonds is 4. The van der Waals surface area contributed by atoms with Crippen LogP contribution in [0, 0.1) is 5.92 Å². The molecule has 4 nitrogen and oxygen atoms in total. The molecule has 3 aliphatic rings. The zero-order valence-electron chi connectivity index (χ0n) is 14.7. The minimum absolute atomic E-state index is 0.221. The van der Waals surface area contributed by atoms with Gasteiger partial charge in [-0.1, -0.05) is 18.2 Å². The Morgan fingerprint density at radius 3 is 2.62 bits per heavy atom. The van der Waals surface area contributed by atoms with Gasteiger partial charge >= 0.3 is 0 Å². The van der Waals surface area contributed by atoms with Gasteiger partial charge in [-0.15, -0.1) is 0 Å². The molecule has 1 aromatic carbocycles. The van der Waals surface area contributed by atoms with E-state index in [0.29, 0.717) is 5.92 Å².